The lowest BCUT2D eigenvalue weighted by Gasteiger charge is -2.26. The molecule has 0 aliphatic carbocycles. The number of benzene rings is 1. The quantitative estimate of drug-likeness (QED) is 0.368. The number of anilines is 1. The van der Waals surface area contributed by atoms with E-state index in [1.807, 2.05) is 20.8 Å². The Morgan fingerprint density at radius 3 is 2.83 bits per heavy atom. The zero-order valence-electron chi connectivity index (χ0n) is 14.3. The van der Waals surface area contributed by atoms with Gasteiger partial charge >= 0.3 is 0 Å². The average Bonchev–Trinajstić information content (AvgIpc) is 2.91. The van der Waals surface area contributed by atoms with Gasteiger partial charge in [-0.2, -0.15) is 0 Å². The molecule has 1 heterocycles. The number of nitrogens with zero attached hydrogens (tertiary/aromatic N) is 5. The van der Waals surface area contributed by atoms with Gasteiger partial charge in [-0.1, -0.05) is 12.1 Å². The van der Waals surface area contributed by atoms with Crippen LogP contribution >= 0.6 is 0 Å². The van der Waals surface area contributed by atoms with Gasteiger partial charge in [0, 0.05) is 18.7 Å². The van der Waals surface area contributed by atoms with E-state index >= 15 is 0 Å². The zero-order valence-corrected chi connectivity index (χ0v) is 14.3. The van der Waals surface area contributed by atoms with Crippen LogP contribution in [0.25, 0.3) is 4.85 Å². The van der Waals surface area contributed by atoms with Gasteiger partial charge in [0.2, 0.25) is 11.4 Å². The lowest BCUT2D eigenvalue weighted by Crippen LogP contribution is -2.42. The Bertz CT molecular complexity index is 690. The minimum Gasteiger partial charge on any atom is -0.569 e. The first-order valence-electron chi connectivity index (χ1n) is 7.60. The second kappa shape index (κ2) is 6.74. The number of hydrazine groups is 1. The van der Waals surface area contributed by atoms with Crippen LogP contribution < -0.4 is 4.90 Å². The molecule has 1 amide bonds. The topological polar surface area (TPSA) is 75.6 Å². The van der Waals surface area contributed by atoms with Crippen LogP contribution in [0.15, 0.2) is 29.5 Å². The molecule has 0 N–H and O–H groups in total. The molecule has 8 nitrogen and oxygen atoms in total. The molecule has 8 heteroatoms. The van der Waals surface area contributed by atoms with Crippen LogP contribution in [0.3, 0.4) is 0 Å². The van der Waals surface area contributed by atoms with Gasteiger partial charge in [-0.05, 0) is 32.9 Å². The summed E-state index contributed by atoms with van der Waals surface area (Å²) in [6.45, 7) is 13.1. The molecule has 128 valence electrons. The van der Waals surface area contributed by atoms with Crippen LogP contribution in [0.4, 0.5) is 11.4 Å². The first-order valence-corrected chi connectivity index (χ1v) is 7.60. The number of amides is 1. The minimum absolute atomic E-state index is 0.271. The Hall–Kier alpha value is -2.82. The summed E-state index contributed by atoms with van der Waals surface area (Å²) in [7, 11) is 1.60. The number of carbonyl (C=O) groups is 1. The van der Waals surface area contributed by atoms with E-state index in [0.717, 1.165) is 0 Å². The summed E-state index contributed by atoms with van der Waals surface area (Å²) in [5, 5.41) is 16.7. The van der Waals surface area contributed by atoms with Gasteiger partial charge in [0.25, 0.3) is 5.91 Å². The minimum atomic E-state index is -0.800. The Morgan fingerprint density at radius 1 is 1.50 bits per heavy atom. The highest BCUT2D eigenvalue weighted by Gasteiger charge is 2.36. The zero-order chi connectivity index (χ0) is 17.9. The predicted molar refractivity (Wildman–Crippen MR) is 88.1 cm³/mol. The molecule has 0 radical (unpaired) electrons. The highest BCUT2D eigenvalue weighted by molar-refractivity contribution is 5.99. The first kappa shape index (κ1) is 17.5. The van der Waals surface area contributed by atoms with Gasteiger partial charge in [0.1, 0.15) is 0 Å². The van der Waals surface area contributed by atoms with E-state index in [1.54, 1.807) is 31.3 Å². The molecule has 0 bridgehead atoms. The number of hydrogen-bond acceptors (Lipinski definition) is 4. The molecule has 1 atom stereocenters. The molecule has 0 aromatic heterocycles. The van der Waals surface area contributed by atoms with E-state index in [4.69, 9.17) is 11.4 Å². The molecule has 1 fully saturated rings. The van der Waals surface area contributed by atoms with Gasteiger partial charge in [-0.15, -0.1) is 5.01 Å². The molecule has 2 rings (SSSR count). The van der Waals surface area contributed by atoms with Gasteiger partial charge < -0.3 is 14.9 Å². The van der Waals surface area contributed by atoms with Crippen LogP contribution in [-0.2, 0) is 9.63 Å². The van der Waals surface area contributed by atoms with Gasteiger partial charge in [-0.25, -0.2) is 4.85 Å². The van der Waals surface area contributed by atoms with Crippen molar-refractivity contribution < 1.29 is 14.6 Å². The average molecular weight is 331 g/mol. The molecule has 0 spiro atoms. The van der Waals surface area contributed by atoms with Crippen molar-refractivity contribution >= 4 is 17.3 Å². The maximum atomic E-state index is 12.4. The number of hydrogen-bond donors (Lipinski definition) is 0. The van der Waals surface area contributed by atoms with Crippen molar-refractivity contribution in [1.29, 1.82) is 0 Å². The van der Waals surface area contributed by atoms with Gasteiger partial charge in [0.05, 0.1) is 24.1 Å². The third kappa shape index (κ3) is 3.74. The second-order valence-electron chi connectivity index (χ2n) is 6.53. The molecule has 1 aliphatic rings. The molecule has 0 saturated carbocycles. The molecule has 1 aromatic rings. The highest BCUT2D eigenvalue weighted by atomic mass is 16.7. The molecule has 24 heavy (non-hydrogen) atoms. The normalized spacial score (nSPS) is 18.5. The summed E-state index contributed by atoms with van der Waals surface area (Å²) in [5.74, 6) is -0.271. The highest BCUT2D eigenvalue weighted by Crippen LogP contribution is 2.27. The van der Waals surface area contributed by atoms with E-state index in [-0.39, 0.29) is 5.91 Å². The van der Waals surface area contributed by atoms with E-state index < -0.39 is 11.6 Å². The Morgan fingerprint density at radius 2 is 2.21 bits per heavy atom. The van der Waals surface area contributed by atoms with Crippen molar-refractivity contribution in [1.82, 2.24) is 5.01 Å². The lowest BCUT2D eigenvalue weighted by atomic mass is 10.1. The van der Waals surface area contributed by atoms with Gasteiger partial charge in [0.15, 0.2) is 5.69 Å². The summed E-state index contributed by atoms with van der Waals surface area (Å²) < 4.78 is 0. The summed E-state index contributed by atoms with van der Waals surface area (Å²) in [4.78, 5) is 22.8. The maximum absolute atomic E-state index is 12.4. The summed E-state index contributed by atoms with van der Waals surface area (Å²) in [5.41, 5.74) is 0.692. The van der Waals surface area contributed by atoms with E-state index in [2.05, 4.69) is 10.1 Å². The second-order valence-corrected chi connectivity index (χ2v) is 6.53. The summed E-state index contributed by atoms with van der Waals surface area (Å²) in [6.07, 6.45) is -0.371. The number of carbonyl (C=O) groups excluding carboxylic acids is 1. The van der Waals surface area contributed by atoms with E-state index in [0.29, 0.717) is 29.3 Å². The number of rotatable bonds is 4. The maximum Gasteiger partial charge on any atom is 0.271 e. The van der Waals surface area contributed by atoms with E-state index in [1.165, 1.54) is 9.91 Å². The van der Waals surface area contributed by atoms with Crippen molar-refractivity contribution in [2.75, 3.05) is 18.5 Å². The van der Waals surface area contributed by atoms with E-state index in [9.17, 15) is 10.0 Å². The SMILES string of the molecule is [C-]#[N+]c1cccc(N2CCC(O/N=[N+](\[O-])N(C)C(C)(C)C)C2=O)c1. The van der Waals surface area contributed by atoms with Crippen LogP contribution in [0.2, 0.25) is 0 Å². The van der Waals surface area contributed by atoms with Crippen LogP contribution in [-0.4, -0.2) is 41.1 Å². The van der Waals surface area contributed by atoms with Crippen LogP contribution in [0.5, 0.6) is 0 Å². The Kier molecular flexibility index (Phi) is 4.93. The molecule has 1 saturated heterocycles. The third-order valence-corrected chi connectivity index (χ3v) is 3.90. The molecular weight excluding hydrogens is 310 g/mol. The predicted octanol–water partition coefficient (Wildman–Crippen LogP) is 2.88. The van der Waals surface area contributed by atoms with Crippen LogP contribution in [0.1, 0.15) is 27.2 Å². The smallest absolute Gasteiger partial charge is 0.271 e. The summed E-state index contributed by atoms with van der Waals surface area (Å²) >= 11 is 0. The summed E-state index contributed by atoms with van der Waals surface area (Å²) in [6, 6.07) is 6.82. The van der Waals surface area contributed by atoms with Gasteiger partial charge in [-0.3, -0.25) is 4.79 Å². The molecule has 1 aliphatic heterocycles. The van der Waals surface area contributed by atoms with Crippen molar-refractivity contribution in [3.8, 4) is 0 Å². The molecule has 1 unspecified atom stereocenters. The Balaban J connectivity index is 2.05. The molecular formula is C16H21N5O3. The van der Waals surface area contributed by atoms with Crippen LogP contribution in [0, 0.1) is 11.8 Å². The fourth-order valence-electron chi connectivity index (χ4n) is 2.15. The first-order chi connectivity index (χ1) is 11.2. The Labute approximate surface area is 141 Å². The monoisotopic (exact) mass is 331 g/mol. The molecule has 1 aromatic carbocycles. The van der Waals surface area contributed by atoms with Crippen molar-refractivity contribution in [3.05, 3.63) is 40.9 Å². The third-order valence-electron chi connectivity index (χ3n) is 3.90. The lowest BCUT2D eigenvalue weighted by molar-refractivity contribution is -0.720. The van der Waals surface area contributed by atoms with Crippen molar-refractivity contribution in [2.24, 2.45) is 5.28 Å². The van der Waals surface area contributed by atoms with Crippen molar-refractivity contribution in [2.45, 2.75) is 38.8 Å². The van der Waals surface area contributed by atoms with Crippen molar-refractivity contribution in [3.63, 3.8) is 0 Å². The fourth-order valence-corrected chi connectivity index (χ4v) is 2.15. The fraction of sp³-hybridized carbons (Fsp3) is 0.500. The standard InChI is InChI=1S/C16H21N5O3/c1-16(2,3)19(5)21(23)18-24-14-9-10-20(15(14)22)13-8-6-7-12(11-13)17-4/h6-8,11,14H,9-10H2,1-3,5H3/b21-18-. The largest absolute Gasteiger partial charge is 0.569 e.